The van der Waals surface area contributed by atoms with Gasteiger partial charge in [0.15, 0.2) is 18.1 Å². The van der Waals surface area contributed by atoms with Gasteiger partial charge in [0.1, 0.15) is 6.61 Å². The molecule has 0 bridgehead atoms. The summed E-state index contributed by atoms with van der Waals surface area (Å²) in [5.74, 6) is 0.0394. The molecule has 29 heavy (non-hydrogen) atoms. The first kappa shape index (κ1) is 19.1. The highest BCUT2D eigenvalue weighted by molar-refractivity contribution is 5.93. The molecule has 7 heteroatoms. The molecule has 0 aliphatic carbocycles. The topological polar surface area (TPSA) is 77.1 Å². The number of hydrogen-bond donors (Lipinski definition) is 1. The molecule has 4 rings (SSSR count). The minimum Gasteiger partial charge on any atom is -0.485 e. The van der Waals surface area contributed by atoms with Gasteiger partial charge in [-0.2, -0.15) is 0 Å². The molecule has 2 heterocycles. The lowest BCUT2D eigenvalue weighted by atomic mass is 10.1. The summed E-state index contributed by atoms with van der Waals surface area (Å²) in [6, 6.07) is 14.8. The molecular weight excluding hydrogens is 372 g/mol. The molecule has 1 atom stereocenters. The van der Waals surface area contributed by atoms with Gasteiger partial charge in [-0.1, -0.05) is 12.1 Å². The second-order valence-electron chi connectivity index (χ2n) is 7.11. The van der Waals surface area contributed by atoms with Gasteiger partial charge >= 0.3 is 5.97 Å². The van der Waals surface area contributed by atoms with E-state index < -0.39 is 18.0 Å². The molecule has 152 valence electrons. The van der Waals surface area contributed by atoms with Crippen molar-refractivity contribution < 1.29 is 23.8 Å². The van der Waals surface area contributed by atoms with E-state index in [0.29, 0.717) is 17.2 Å². The van der Waals surface area contributed by atoms with E-state index in [4.69, 9.17) is 14.2 Å². The highest BCUT2D eigenvalue weighted by Gasteiger charge is 2.29. The molecule has 0 radical (unpaired) electrons. The first-order valence-electron chi connectivity index (χ1n) is 9.89. The van der Waals surface area contributed by atoms with E-state index in [9.17, 15) is 9.59 Å². The molecule has 0 unspecified atom stereocenters. The maximum atomic E-state index is 12.2. The lowest BCUT2D eigenvalue weighted by Crippen LogP contribution is -2.39. The fourth-order valence-corrected chi connectivity index (χ4v) is 3.47. The van der Waals surface area contributed by atoms with Crippen LogP contribution in [0.5, 0.6) is 11.5 Å². The van der Waals surface area contributed by atoms with Crippen molar-refractivity contribution >= 4 is 23.3 Å². The molecule has 2 aromatic carbocycles. The van der Waals surface area contributed by atoms with Crippen molar-refractivity contribution in [2.75, 3.05) is 36.5 Å². The molecule has 1 N–H and O–H groups in total. The molecule has 2 aromatic rings. The van der Waals surface area contributed by atoms with Crippen LogP contribution < -0.4 is 19.7 Å². The SMILES string of the molecule is O=C(COC(=O)[C@@H]1COc2ccccc2O1)Nc1ccc(N2CCCCC2)cc1. The highest BCUT2D eigenvalue weighted by Crippen LogP contribution is 2.31. The van der Waals surface area contributed by atoms with E-state index >= 15 is 0 Å². The quantitative estimate of drug-likeness (QED) is 0.783. The number of anilines is 2. The number of nitrogens with one attached hydrogen (secondary N) is 1. The van der Waals surface area contributed by atoms with Crippen molar-refractivity contribution in [3.63, 3.8) is 0 Å². The second kappa shape index (κ2) is 8.86. The molecule has 2 aliphatic heterocycles. The summed E-state index contributed by atoms with van der Waals surface area (Å²) >= 11 is 0. The first-order chi connectivity index (χ1) is 14.2. The summed E-state index contributed by atoms with van der Waals surface area (Å²) in [5, 5.41) is 2.74. The van der Waals surface area contributed by atoms with Crippen LogP contribution in [0, 0.1) is 0 Å². The predicted octanol–water partition coefficient (Wildman–Crippen LogP) is 3.00. The van der Waals surface area contributed by atoms with Crippen LogP contribution in [0.25, 0.3) is 0 Å². The third kappa shape index (κ3) is 4.80. The molecule has 0 saturated carbocycles. The van der Waals surface area contributed by atoms with Gasteiger partial charge in [0, 0.05) is 24.5 Å². The Morgan fingerprint density at radius 1 is 1.00 bits per heavy atom. The van der Waals surface area contributed by atoms with Gasteiger partial charge in [0.05, 0.1) is 0 Å². The smallest absolute Gasteiger partial charge is 0.351 e. The van der Waals surface area contributed by atoms with Crippen LogP contribution in [0.3, 0.4) is 0 Å². The largest absolute Gasteiger partial charge is 0.485 e. The maximum Gasteiger partial charge on any atom is 0.351 e. The van der Waals surface area contributed by atoms with E-state index in [1.54, 1.807) is 18.2 Å². The van der Waals surface area contributed by atoms with Crippen LogP contribution >= 0.6 is 0 Å². The Bertz CT molecular complexity index is 862. The lowest BCUT2D eigenvalue weighted by molar-refractivity contribution is -0.156. The molecular formula is C22H24N2O5. The number of amides is 1. The Hall–Kier alpha value is -3.22. The Kier molecular flexibility index (Phi) is 5.84. The minimum atomic E-state index is -0.887. The van der Waals surface area contributed by atoms with E-state index in [1.807, 2.05) is 30.3 Å². The average Bonchev–Trinajstić information content (AvgIpc) is 2.78. The van der Waals surface area contributed by atoms with Gasteiger partial charge in [0.25, 0.3) is 5.91 Å². The molecule has 1 amide bonds. The van der Waals surface area contributed by atoms with Crippen LogP contribution in [0.2, 0.25) is 0 Å². The summed E-state index contributed by atoms with van der Waals surface area (Å²) in [7, 11) is 0. The van der Waals surface area contributed by atoms with Gasteiger partial charge in [-0.15, -0.1) is 0 Å². The molecule has 0 aromatic heterocycles. The number of nitrogens with zero attached hydrogens (tertiary/aromatic N) is 1. The monoisotopic (exact) mass is 396 g/mol. The maximum absolute atomic E-state index is 12.2. The first-order valence-corrected chi connectivity index (χ1v) is 9.89. The van der Waals surface area contributed by atoms with Gasteiger partial charge in [-0.05, 0) is 55.7 Å². The van der Waals surface area contributed by atoms with Crippen LogP contribution in [0.4, 0.5) is 11.4 Å². The molecule has 0 spiro atoms. The van der Waals surface area contributed by atoms with E-state index in [-0.39, 0.29) is 13.2 Å². The zero-order valence-electron chi connectivity index (χ0n) is 16.1. The van der Waals surface area contributed by atoms with Gasteiger partial charge < -0.3 is 24.4 Å². The Morgan fingerprint density at radius 3 is 2.48 bits per heavy atom. The number of para-hydroxylation sites is 2. The summed E-state index contributed by atoms with van der Waals surface area (Å²) in [6.07, 6.45) is 2.83. The summed E-state index contributed by atoms with van der Waals surface area (Å²) in [6.45, 7) is 1.81. The van der Waals surface area contributed by atoms with Crippen molar-refractivity contribution in [2.24, 2.45) is 0 Å². The van der Waals surface area contributed by atoms with E-state index in [0.717, 1.165) is 18.8 Å². The van der Waals surface area contributed by atoms with Gasteiger partial charge in [0.2, 0.25) is 6.10 Å². The van der Waals surface area contributed by atoms with Crippen molar-refractivity contribution in [2.45, 2.75) is 25.4 Å². The number of esters is 1. The molecule has 1 fully saturated rings. The standard InChI is InChI=1S/C22H24N2O5/c25-21(23-16-8-10-17(11-9-16)24-12-4-1-5-13-24)15-28-22(26)20-14-27-18-6-2-3-7-19(18)29-20/h2-3,6-11,20H,1,4-5,12-15H2,(H,23,25)/t20-/m0/s1. The van der Waals surface area contributed by atoms with Gasteiger partial charge in [-0.3, -0.25) is 4.79 Å². The van der Waals surface area contributed by atoms with Crippen molar-refractivity contribution in [1.29, 1.82) is 0 Å². The van der Waals surface area contributed by atoms with Crippen LogP contribution in [-0.4, -0.2) is 44.3 Å². The van der Waals surface area contributed by atoms with Gasteiger partial charge in [-0.25, -0.2) is 4.79 Å². The predicted molar refractivity (Wildman–Crippen MR) is 108 cm³/mol. The molecule has 2 aliphatic rings. The highest BCUT2D eigenvalue weighted by atomic mass is 16.6. The number of piperidine rings is 1. The number of rotatable bonds is 5. The Balaban J connectivity index is 1.24. The Morgan fingerprint density at radius 2 is 1.72 bits per heavy atom. The van der Waals surface area contributed by atoms with E-state index in [1.165, 1.54) is 19.3 Å². The molecule has 7 nitrogen and oxygen atoms in total. The van der Waals surface area contributed by atoms with Crippen molar-refractivity contribution in [3.8, 4) is 11.5 Å². The number of ether oxygens (including phenoxy) is 3. The number of benzene rings is 2. The zero-order chi connectivity index (χ0) is 20.1. The second-order valence-corrected chi connectivity index (χ2v) is 7.11. The summed E-state index contributed by atoms with van der Waals surface area (Å²) in [4.78, 5) is 26.6. The number of carbonyl (C=O) groups is 2. The van der Waals surface area contributed by atoms with Crippen molar-refractivity contribution in [3.05, 3.63) is 48.5 Å². The number of hydrogen-bond acceptors (Lipinski definition) is 6. The summed E-state index contributed by atoms with van der Waals surface area (Å²) < 4.78 is 16.2. The molecule has 1 saturated heterocycles. The summed E-state index contributed by atoms with van der Waals surface area (Å²) in [5.41, 5.74) is 1.82. The third-order valence-electron chi connectivity index (χ3n) is 4.99. The minimum absolute atomic E-state index is 0.0510. The normalized spacial score (nSPS) is 18.1. The Labute approximate surface area is 169 Å². The fraction of sp³-hybridized carbons (Fsp3) is 0.364. The average molecular weight is 396 g/mol. The third-order valence-corrected chi connectivity index (χ3v) is 4.99. The van der Waals surface area contributed by atoms with Crippen LogP contribution in [-0.2, 0) is 14.3 Å². The fourth-order valence-electron chi connectivity index (χ4n) is 3.47. The van der Waals surface area contributed by atoms with Crippen LogP contribution in [0.15, 0.2) is 48.5 Å². The number of carbonyl (C=O) groups excluding carboxylic acids is 2. The van der Waals surface area contributed by atoms with Crippen LogP contribution in [0.1, 0.15) is 19.3 Å². The zero-order valence-corrected chi connectivity index (χ0v) is 16.1. The lowest BCUT2D eigenvalue weighted by Gasteiger charge is -2.28. The number of fused-ring (bicyclic) bond motifs is 1. The van der Waals surface area contributed by atoms with E-state index in [2.05, 4.69) is 10.2 Å². The van der Waals surface area contributed by atoms with Crippen molar-refractivity contribution in [1.82, 2.24) is 0 Å².